The minimum atomic E-state index is -1.07. The summed E-state index contributed by atoms with van der Waals surface area (Å²) < 4.78 is 12.2. The minimum absolute atomic E-state index is 0.0228. The Morgan fingerprint density at radius 1 is 1.16 bits per heavy atom. The number of aliphatic hydroxyl groups excluding tert-OH is 1. The van der Waals surface area contributed by atoms with E-state index in [4.69, 9.17) is 9.47 Å². The van der Waals surface area contributed by atoms with E-state index in [0.717, 1.165) is 25.7 Å². The Kier molecular flexibility index (Phi) is 7.44. The van der Waals surface area contributed by atoms with Crippen molar-refractivity contribution in [2.24, 2.45) is 17.8 Å². The highest BCUT2D eigenvalue weighted by Crippen LogP contribution is 2.65. The van der Waals surface area contributed by atoms with Gasteiger partial charge in [0.15, 0.2) is 0 Å². The zero-order valence-electron chi connectivity index (χ0n) is 22.7. The lowest BCUT2D eigenvalue weighted by atomic mass is 9.62. The fourth-order valence-corrected chi connectivity index (χ4v) is 7.47. The molecule has 1 saturated carbocycles. The number of benzene rings is 1. The molecule has 4 fully saturated rings. The molecule has 4 aliphatic rings. The molecule has 3 saturated heterocycles. The standard InChI is InChI=1S/C29H41N3O6/c1-4-37-21-13-11-20(12-14-21)30-25(34)22-23-27(36)32(15-8-16-33)24(26(35)31-19-9-6-5-7-10-19)29(23)17-18(2)28(22,3)38-29/h11-14,18-19,22-24,33H,4-10,15-17H2,1-3H3,(H,30,34)(H,31,35)/t18?,22-,23+,24?,28+,29?/m1/s1. The minimum Gasteiger partial charge on any atom is -0.494 e. The summed E-state index contributed by atoms with van der Waals surface area (Å²) in [5, 5.41) is 15.7. The Morgan fingerprint density at radius 3 is 2.53 bits per heavy atom. The highest BCUT2D eigenvalue weighted by atomic mass is 16.5. The van der Waals surface area contributed by atoms with Crippen LogP contribution in [0.5, 0.6) is 5.75 Å². The molecule has 0 radical (unpaired) electrons. The summed E-state index contributed by atoms with van der Waals surface area (Å²) >= 11 is 0. The summed E-state index contributed by atoms with van der Waals surface area (Å²) in [7, 11) is 0. The van der Waals surface area contributed by atoms with E-state index in [1.165, 1.54) is 6.42 Å². The second kappa shape index (κ2) is 10.5. The lowest BCUT2D eigenvalue weighted by molar-refractivity contribution is -0.146. The van der Waals surface area contributed by atoms with Crippen LogP contribution in [0.4, 0.5) is 5.69 Å². The summed E-state index contributed by atoms with van der Waals surface area (Å²) in [6.45, 7) is 6.57. The highest BCUT2D eigenvalue weighted by Gasteiger charge is 2.79. The van der Waals surface area contributed by atoms with Crippen molar-refractivity contribution < 1.29 is 29.0 Å². The molecule has 6 atom stereocenters. The number of nitrogens with one attached hydrogen (secondary N) is 2. The van der Waals surface area contributed by atoms with Crippen LogP contribution >= 0.6 is 0 Å². The number of hydrogen-bond acceptors (Lipinski definition) is 6. The maximum atomic E-state index is 14.0. The molecule has 208 valence electrons. The maximum Gasteiger partial charge on any atom is 0.246 e. The summed E-state index contributed by atoms with van der Waals surface area (Å²) in [6.07, 6.45) is 6.09. The Labute approximate surface area is 224 Å². The third-order valence-corrected chi connectivity index (χ3v) is 9.29. The number of anilines is 1. The number of hydrogen-bond donors (Lipinski definition) is 3. The predicted octanol–water partition coefficient (Wildman–Crippen LogP) is 2.87. The monoisotopic (exact) mass is 527 g/mol. The number of aliphatic hydroxyl groups is 1. The van der Waals surface area contributed by atoms with E-state index in [2.05, 4.69) is 10.6 Å². The van der Waals surface area contributed by atoms with E-state index in [1.807, 2.05) is 20.8 Å². The Morgan fingerprint density at radius 2 is 1.87 bits per heavy atom. The van der Waals surface area contributed by atoms with Crippen molar-refractivity contribution >= 4 is 23.4 Å². The first-order chi connectivity index (χ1) is 18.2. The second-order valence-electron chi connectivity index (χ2n) is 11.6. The fourth-order valence-electron chi connectivity index (χ4n) is 7.47. The largest absolute Gasteiger partial charge is 0.494 e. The van der Waals surface area contributed by atoms with Crippen molar-refractivity contribution in [3.63, 3.8) is 0 Å². The zero-order valence-corrected chi connectivity index (χ0v) is 22.7. The van der Waals surface area contributed by atoms with Gasteiger partial charge in [0, 0.05) is 24.9 Å². The van der Waals surface area contributed by atoms with Crippen molar-refractivity contribution in [3.8, 4) is 5.75 Å². The second-order valence-corrected chi connectivity index (χ2v) is 11.6. The highest BCUT2D eigenvalue weighted by molar-refractivity contribution is 6.02. The molecular formula is C29H41N3O6. The first-order valence-electron chi connectivity index (χ1n) is 14.2. The van der Waals surface area contributed by atoms with E-state index >= 15 is 0 Å². The van der Waals surface area contributed by atoms with Crippen LogP contribution in [0.1, 0.15) is 65.7 Å². The van der Waals surface area contributed by atoms with E-state index in [0.29, 0.717) is 30.9 Å². The van der Waals surface area contributed by atoms with Gasteiger partial charge in [0.25, 0.3) is 0 Å². The Balaban J connectivity index is 1.44. The van der Waals surface area contributed by atoms with Crippen LogP contribution in [-0.4, -0.2) is 70.8 Å². The topological polar surface area (TPSA) is 117 Å². The molecule has 9 nitrogen and oxygen atoms in total. The summed E-state index contributed by atoms with van der Waals surface area (Å²) in [5.41, 5.74) is -1.33. The van der Waals surface area contributed by atoms with Gasteiger partial charge in [0.1, 0.15) is 17.4 Å². The fraction of sp³-hybridized carbons (Fsp3) is 0.690. The van der Waals surface area contributed by atoms with Crippen molar-refractivity contribution in [2.75, 3.05) is 25.1 Å². The number of rotatable bonds is 9. The van der Waals surface area contributed by atoms with Crippen molar-refractivity contribution in [3.05, 3.63) is 24.3 Å². The zero-order chi connectivity index (χ0) is 27.1. The Bertz CT molecular complexity index is 1060. The number of nitrogens with zero attached hydrogens (tertiary/aromatic N) is 1. The van der Waals surface area contributed by atoms with Gasteiger partial charge in [-0.3, -0.25) is 14.4 Å². The van der Waals surface area contributed by atoms with Crippen LogP contribution in [0.3, 0.4) is 0 Å². The van der Waals surface area contributed by atoms with Gasteiger partial charge in [-0.05, 0) is 69.7 Å². The number of ether oxygens (including phenoxy) is 2. The Hall–Kier alpha value is -2.65. The molecule has 0 aromatic heterocycles. The molecule has 5 rings (SSSR count). The summed E-state index contributed by atoms with van der Waals surface area (Å²) in [5.74, 6) is -1.52. The van der Waals surface area contributed by atoms with Gasteiger partial charge in [-0.15, -0.1) is 0 Å². The quantitative estimate of drug-likeness (QED) is 0.455. The molecule has 3 N–H and O–H groups in total. The molecule has 1 aliphatic carbocycles. The molecule has 3 heterocycles. The van der Waals surface area contributed by atoms with Crippen LogP contribution < -0.4 is 15.4 Å². The third kappa shape index (κ3) is 4.37. The molecule has 9 heteroatoms. The van der Waals surface area contributed by atoms with Crippen LogP contribution in [0, 0.1) is 17.8 Å². The number of amides is 3. The van der Waals surface area contributed by atoms with Crippen molar-refractivity contribution in [1.29, 1.82) is 0 Å². The predicted molar refractivity (Wildman–Crippen MR) is 141 cm³/mol. The number of likely N-dealkylation sites (tertiary alicyclic amines) is 1. The molecule has 1 aromatic rings. The molecule has 2 bridgehead atoms. The smallest absolute Gasteiger partial charge is 0.246 e. The van der Waals surface area contributed by atoms with E-state index in [1.54, 1.807) is 29.2 Å². The van der Waals surface area contributed by atoms with Crippen molar-refractivity contribution in [1.82, 2.24) is 10.2 Å². The van der Waals surface area contributed by atoms with E-state index in [-0.39, 0.29) is 42.8 Å². The molecular weight excluding hydrogens is 486 g/mol. The number of fused-ring (bicyclic) bond motifs is 1. The van der Waals surface area contributed by atoms with E-state index < -0.39 is 29.1 Å². The average Bonchev–Trinajstić information content (AvgIpc) is 3.41. The van der Waals surface area contributed by atoms with Crippen LogP contribution in [0.15, 0.2) is 24.3 Å². The third-order valence-electron chi connectivity index (χ3n) is 9.29. The lowest BCUT2D eigenvalue weighted by Gasteiger charge is -2.36. The number of carbonyl (C=O) groups excluding carboxylic acids is 3. The molecule has 1 aromatic carbocycles. The normalized spacial score (nSPS) is 34.3. The van der Waals surface area contributed by atoms with Gasteiger partial charge in [-0.1, -0.05) is 26.2 Å². The first kappa shape index (κ1) is 26.9. The van der Waals surface area contributed by atoms with Gasteiger partial charge >= 0.3 is 0 Å². The summed E-state index contributed by atoms with van der Waals surface area (Å²) in [6, 6.07) is 6.43. The molecule has 3 unspecified atom stereocenters. The molecule has 38 heavy (non-hydrogen) atoms. The van der Waals surface area contributed by atoms with Crippen LogP contribution in [0.25, 0.3) is 0 Å². The molecule has 1 spiro atoms. The van der Waals surface area contributed by atoms with Gasteiger partial charge in [0.2, 0.25) is 17.7 Å². The lowest BCUT2D eigenvalue weighted by Crippen LogP contribution is -2.57. The number of carbonyl (C=O) groups is 3. The van der Waals surface area contributed by atoms with Crippen LogP contribution in [0.2, 0.25) is 0 Å². The maximum absolute atomic E-state index is 14.0. The van der Waals surface area contributed by atoms with Gasteiger partial charge < -0.3 is 30.1 Å². The summed E-state index contributed by atoms with van der Waals surface area (Å²) in [4.78, 5) is 43.3. The van der Waals surface area contributed by atoms with Gasteiger partial charge in [-0.25, -0.2) is 0 Å². The molecule has 3 amide bonds. The van der Waals surface area contributed by atoms with Crippen LogP contribution in [-0.2, 0) is 19.1 Å². The van der Waals surface area contributed by atoms with Crippen molar-refractivity contribution in [2.45, 2.75) is 89.0 Å². The SMILES string of the molecule is CCOc1ccc(NC(=O)[C@H]2[C@H]3C(=O)N(CCCO)C(C(=O)NC4CCCCC4)C34CC(C)[C@]2(C)O4)cc1. The van der Waals surface area contributed by atoms with Gasteiger partial charge in [0.05, 0.1) is 24.0 Å². The molecule has 3 aliphatic heterocycles. The van der Waals surface area contributed by atoms with E-state index in [9.17, 15) is 19.5 Å². The van der Waals surface area contributed by atoms with Gasteiger partial charge in [-0.2, -0.15) is 0 Å². The first-order valence-corrected chi connectivity index (χ1v) is 14.2. The average molecular weight is 528 g/mol.